The van der Waals surface area contributed by atoms with Crippen LogP contribution in [0.4, 0.5) is 4.39 Å². The Kier molecular flexibility index (Phi) is 5.66. The van der Waals surface area contributed by atoms with E-state index < -0.39 is 15.8 Å². The Morgan fingerprint density at radius 2 is 1.59 bits per heavy atom. The third kappa shape index (κ3) is 3.97. The molecule has 0 bridgehead atoms. The number of aromatic nitrogens is 2. The van der Waals surface area contributed by atoms with Crippen LogP contribution in [0.15, 0.2) is 77.7 Å². The van der Waals surface area contributed by atoms with E-state index >= 15 is 0 Å². The first kappa shape index (κ1) is 22.2. The van der Waals surface area contributed by atoms with Gasteiger partial charge in [-0.2, -0.15) is 4.31 Å². The third-order valence-electron chi connectivity index (χ3n) is 6.06. The normalized spacial score (nSPS) is 15.1. The number of benzene rings is 3. The summed E-state index contributed by atoms with van der Waals surface area (Å²) in [6, 6.07) is 20.1. The van der Waals surface area contributed by atoms with Crippen LogP contribution in [0.3, 0.4) is 0 Å². The molecule has 7 nitrogen and oxygen atoms in total. The first-order valence-corrected chi connectivity index (χ1v) is 12.4. The van der Waals surface area contributed by atoms with E-state index in [9.17, 15) is 17.6 Å². The molecule has 174 valence electrons. The van der Waals surface area contributed by atoms with Crippen molar-refractivity contribution in [3.8, 4) is 5.69 Å². The molecule has 1 saturated heterocycles. The Bertz CT molecular complexity index is 1460. The smallest absolute Gasteiger partial charge is 0.254 e. The number of rotatable bonds is 4. The van der Waals surface area contributed by atoms with Gasteiger partial charge >= 0.3 is 0 Å². The van der Waals surface area contributed by atoms with E-state index in [1.807, 2.05) is 47.9 Å². The second-order valence-corrected chi connectivity index (χ2v) is 10.1. The molecule has 0 saturated carbocycles. The Morgan fingerprint density at radius 1 is 0.912 bits per heavy atom. The molecule has 0 spiro atoms. The molecule has 2 heterocycles. The highest BCUT2D eigenvalue weighted by Crippen LogP contribution is 2.24. The molecule has 3 aromatic carbocycles. The van der Waals surface area contributed by atoms with Crippen molar-refractivity contribution in [3.63, 3.8) is 0 Å². The molecule has 1 amide bonds. The number of imidazole rings is 1. The number of carbonyl (C=O) groups excluding carboxylic acids is 1. The van der Waals surface area contributed by atoms with Crippen LogP contribution in [0.25, 0.3) is 16.7 Å². The molecule has 0 radical (unpaired) electrons. The van der Waals surface area contributed by atoms with Crippen molar-refractivity contribution in [1.82, 2.24) is 18.8 Å². The molecule has 1 fully saturated rings. The molecule has 0 N–H and O–H groups in total. The maximum absolute atomic E-state index is 13.2. The van der Waals surface area contributed by atoms with Crippen molar-refractivity contribution in [3.05, 3.63) is 90.0 Å². The van der Waals surface area contributed by atoms with Crippen molar-refractivity contribution in [2.45, 2.75) is 11.8 Å². The first-order valence-electron chi connectivity index (χ1n) is 10.9. The van der Waals surface area contributed by atoms with Crippen molar-refractivity contribution >= 4 is 27.0 Å². The fourth-order valence-electron chi connectivity index (χ4n) is 4.31. The average Bonchev–Trinajstić information content (AvgIpc) is 3.19. The topological polar surface area (TPSA) is 75.5 Å². The van der Waals surface area contributed by atoms with Crippen molar-refractivity contribution in [2.75, 3.05) is 26.2 Å². The minimum atomic E-state index is -3.73. The number of amides is 1. The Labute approximate surface area is 197 Å². The molecule has 4 aromatic rings. The number of halogens is 1. The molecule has 0 atom stereocenters. The summed E-state index contributed by atoms with van der Waals surface area (Å²) in [4.78, 5) is 19.5. The molecule has 1 aliphatic rings. The van der Waals surface area contributed by atoms with E-state index in [2.05, 4.69) is 4.98 Å². The predicted molar refractivity (Wildman–Crippen MR) is 127 cm³/mol. The lowest BCUT2D eigenvalue weighted by Crippen LogP contribution is -2.50. The van der Waals surface area contributed by atoms with E-state index in [1.54, 1.807) is 17.0 Å². The number of hydrogen-bond donors (Lipinski definition) is 0. The maximum atomic E-state index is 13.2. The molecule has 9 heteroatoms. The van der Waals surface area contributed by atoms with Gasteiger partial charge in [0.05, 0.1) is 15.9 Å². The number of piperazine rings is 1. The fraction of sp³-hybridized carbons (Fsp3) is 0.200. The van der Waals surface area contributed by atoms with Gasteiger partial charge in [0.15, 0.2) is 0 Å². The van der Waals surface area contributed by atoms with Crippen LogP contribution < -0.4 is 0 Å². The molecule has 1 aromatic heterocycles. The van der Waals surface area contributed by atoms with Crippen molar-refractivity contribution < 1.29 is 17.6 Å². The maximum Gasteiger partial charge on any atom is 0.254 e. The number of para-hydroxylation sites is 1. The van der Waals surface area contributed by atoms with Gasteiger partial charge in [0.1, 0.15) is 11.6 Å². The van der Waals surface area contributed by atoms with Gasteiger partial charge in [-0.3, -0.25) is 9.36 Å². The van der Waals surface area contributed by atoms with Gasteiger partial charge in [0.25, 0.3) is 5.91 Å². The number of fused-ring (bicyclic) bond motifs is 1. The van der Waals surface area contributed by atoms with Gasteiger partial charge in [0.2, 0.25) is 10.0 Å². The molecule has 0 aliphatic carbocycles. The monoisotopic (exact) mass is 478 g/mol. The van der Waals surface area contributed by atoms with Crippen LogP contribution in [0.1, 0.15) is 16.2 Å². The zero-order valence-electron chi connectivity index (χ0n) is 18.6. The summed E-state index contributed by atoms with van der Waals surface area (Å²) in [5.41, 5.74) is 3.15. The van der Waals surface area contributed by atoms with Crippen LogP contribution in [0, 0.1) is 12.7 Å². The Balaban J connectivity index is 1.33. The van der Waals surface area contributed by atoms with Crippen LogP contribution in [-0.2, 0) is 10.0 Å². The summed E-state index contributed by atoms with van der Waals surface area (Å²) in [5, 5.41) is 0. The van der Waals surface area contributed by atoms with Gasteiger partial charge in [-0.25, -0.2) is 17.8 Å². The van der Waals surface area contributed by atoms with E-state index in [0.717, 1.165) is 34.7 Å². The predicted octanol–water partition coefficient (Wildman–Crippen LogP) is 3.62. The van der Waals surface area contributed by atoms with E-state index in [1.165, 1.54) is 16.4 Å². The summed E-state index contributed by atoms with van der Waals surface area (Å²) >= 11 is 0. The lowest BCUT2D eigenvalue weighted by molar-refractivity contribution is 0.0698. The molecular formula is C25H23FN4O3S. The summed E-state index contributed by atoms with van der Waals surface area (Å²) in [6.45, 7) is 2.82. The third-order valence-corrected chi connectivity index (χ3v) is 7.97. The van der Waals surface area contributed by atoms with Crippen LogP contribution in [0.5, 0.6) is 0 Å². The van der Waals surface area contributed by atoms with Crippen LogP contribution in [-0.4, -0.2) is 59.3 Å². The lowest BCUT2D eigenvalue weighted by Gasteiger charge is -2.34. The minimum Gasteiger partial charge on any atom is -0.336 e. The zero-order valence-corrected chi connectivity index (χ0v) is 19.4. The van der Waals surface area contributed by atoms with Crippen molar-refractivity contribution in [1.29, 1.82) is 0 Å². The van der Waals surface area contributed by atoms with E-state index in [-0.39, 0.29) is 37.0 Å². The molecule has 1 aliphatic heterocycles. The number of sulfonamides is 1. The molecule has 34 heavy (non-hydrogen) atoms. The minimum absolute atomic E-state index is 0.0449. The van der Waals surface area contributed by atoms with E-state index in [4.69, 9.17) is 0 Å². The standard InChI is InChI=1S/C25H23FN4O3S/c1-18-27-23-17-19(7-12-24(23)30(18)21-5-3-2-4-6-21)25(31)28-13-15-29(16-14-28)34(32,33)22-10-8-20(26)9-11-22/h2-12,17H,13-16H2,1H3. The van der Waals surface area contributed by atoms with Crippen molar-refractivity contribution in [2.24, 2.45) is 0 Å². The largest absolute Gasteiger partial charge is 0.336 e. The number of aryl methyl sites for hydroxylation is 1. The van der Waals surface area contributed by atoms with Gasteiger partial charge in [-0.1, -0.05) is 18.2 Å². The first-order chi connectivity index (χ1) is 16.3. The van der Waals surface area contributed by atoms with Gasteiger partial charge in [-0.15, -0.1) is 0 Å². The van der Waals surface area contributed by atoms with Gasteiger partial charge in [-0.05, 0) is 61.5 Å². The summed E-state index contributed by atoms with van der Waals surface area (Å²) in [7, 11) is -3.73. The van der Waals surface area contributed by atoms with Gasteiger partial charge in [0, 0.05) is 37.4 Å². The fourth-order valence-corrected chi connectivity index (χ4v) is 5.73. The number of nitrogens with zero attached hydrogens (tertiary/aromatic N) is 4. The summed E-state index contributed by atoms with van der Waals surface area (Å²) in [6.07, 6.45) is 0. The highest BCUT2D eigenvalue weighted by molar-refractivity contribution is 7.89. The quantitative estimate of drug-likeness (QED) is 0.449. The van der Waals surface area contributed by atoms with E-state index in [0.29, 0.717) is 5.56 Å². The summed E-state index contributed by atoms with van der Waals surface area (Å²) in [5.74, 6) is 0.174. The van der Waals surface area contributed by atoms with Crippen LogP contribution in [0.2, 0.25) is 0 Å². The second-order valence-electron chi connectivity index (χ2n) is 8.18. The number of carbonyl (C=O) groups is 1. The highest BCUT2D eigenvalue weighted by atomic mass is 32.2. The SMILES string of the molecule is Cc1nc2cc(C(=O)N3CCN(S(=O)(=O)c4ccc(F)cc4)CC3)ccc2n1-c1ccccc1. The molecule has 5 rings (SSSR count). The Hall–Kier alpha value is -3.56. The molecule has 0 unspecified atom stereocenters. The summed E-state index contributed by atoms with van der Waals surface area (Å²) < 4.78 is 42.2. The number of hydrogen-bond acceptors (Lipinski definition) is 4. The van der Waals surface area contributed by atoms with Gasteiger partial charge < -0.3 is 4.90 Å². The highest BCUT2D eigenvalue weighted by Gasteiger charge is 2.30. The second kappa shape index (κ2) is 8.66. The zero-order chi connectivity index (χ0) is 23.9. The van der Waals surface area contributed by atoms with Crippen LogP contribution >= 0.6 is 0 Å². The average molecular weight is 479 g/mol. The Morgan fingerprint density at radius 3 is 2.26 bits per heavy atom. The molecular weight excluding hydrogens is 455 g/mol. The lowest BCUT2D eigenvalue weighted by atomic mass is 10.1.